The van der Waals surface area contributed by atoms with E-state index >= 15 is 0 Å². The van der Waals surface area contributed by atoms with Crippen molar-refractivity contribution in [1.29, 1.82) is 0 Å². The predicted octanol–water partition coefficient (Wildman–Crippen LogP) is 9.30. The lowest BCUT2D eigenvalue weighted by molar-refractivity contribution is 0.474. The van der Waals surface area contributed by atoms with Gasteiger partial charge in [0.2, 0.25) is 0 Å². The highest BCUT2D eigenvalue weighted by atomic mass is 16.5. The van der Waals surface area contributed by atoms with E-state index in [1.165, 1.54) is 12.4 Å². The normalized spacial score (nSPS) is 11.7. The number of hydrogen-bond acceptors (Lipinski definition) is 9. The Bertz CT molecular complexity index is 2070. The summed E-state index contributed by atoms with van der Waals surface area (Å²) < 4.78 is 6.25. The van der Waals surface area contributed by atoms with Crippen molar-refractivity contribution in [3.8, 4) is 34.5 Å². The van der Waals surface area contributed by atoms with E-state index in [0.29, 0.717) is 56.5 Å². The summed E-state index contributed by atoms with van der Waals surface area (Å²) in [4.78, 5) is 18.4. The molecule has 49 heavy (non-hydrogen) atoms. The van der Waals surface area contributed by atoms with E-state index in [1.807, 2.05) is 0 Å². The van der Waals surface area contributed by atoms with Gasteiger partial charge in [0.15, 0.2) is 0 Å². The lowest BCUT2D eigenvalue weighted by Crippen LogP contribution is -1.87. The van der Waals surface area contributed by atoms with Crippen molar-refractivity contribution in [2.75, 3.05) is 0 Å². The minimum atomic E-state index is 0.0834. The van der Waals surface area contributed by atoms with Crippen molar-refractivity contribution in [1.82, 2.24) is 0 Å². The van der Waals surface area contributed by atoms with Crippen molar-refractivity contribution in [2.24, 2.45) is 20.0 Å². The molecular weight excluding hydrogens is 616 g/mol. The molecule has 0 amide bonds. The monoisotopic (exact) mass is 646 g/mol. The van der Waals surface area contributed by atoms with Gasteiger partial charge in [-0.15, -0.1) is 0 Å². The molecule has 0 bridgehead atoms. The Kier molecular flexibility index (Phi) is 9.82. The highest BCUT2D eigenvalue weighted by molar-refractivity contribution is 5.91. The van der Waals surface area contributed by atoms with Gasteiger partial charge in [0.1, 0.15) is 34.5 Å². The van der Waals surface area contributed by atoms with E-state index in [9.17, 15) is 20.4 Å². The first kappa shape index (κ1) is 32.0. The summed E-state index contributed by atoms with van der Waals surface area (Å²) in [6.07, 6.45) is 6.17. The molecule has 0 aliphatic carbocycles. The Balaban J connectivity index is 1.35. The molecule has 6 aromatic rings. The first-order valence-corrected chi connectivity index (χ1v) is 15.2. The number of nitrogens with zero attached hydrogens (tertiary/aromatic N) is 4. The van der Waals surface area contributed by atoms with Gasteiger partial charge in [0.05, 0.1) is 22.7 Å². The van der Waals surface area contributed by atoms with Crippen LogP contribution < -0.4 is 4.74 Å². The van der Waals surface area contributed by atoms with Gasteiger partial charge in [-0.3, -0.25) is 20.0 Å². The third-order valence-electron chi connectivity index (χ3n) is 7.25. The fourth-order valence-electron chi connectivity index (χ4n) is 4.64. The first-order chi connectivity index (χ1) is 23.9. The van der Waals surface area contributed by atoms with Crippen LogP contribution in [-0.2, 0) is 0 Å². The summed E-state index contributed by atoms with van der Waals surface area (Å²) in [5, 5.41) is 40.9. The number of phenols is 4. The number of hydrogen-bond donors (Lipinski definition) is 4. The van der Waals surface area contributed by atoms with Crippen molar-refractivity contribution in [2.45, 2.75) is 0 Å². The maximum absolute atomic E-state index is 10.3. The van der Waals surface area contributed by atoms with Crippen LogP contribution in [0.25, 0.3) is 0 Å². The molecule has 6 rings (SSSR count). The molecule has 9 nitrogen and oxygen atoms in total. The Morgan fingerprint density at radius 2 is 0.633 bits per heavy atom. The number of aromatic hydroxyl groups is 4. The van der Waals surface area contributed by atoms with E-state index in [2.05, 4.69) is 20.0 Å². The van der Waals surface area contributed by atoms with E-state index in [-0.39, 0.29) is 23.0 Å². The lowest BCUT2D eigenvalue weighted by atomic mass is 10.2. The first-order valence-electron chi connectivity index (χ1n) is 15.2. The van der Waals surface area contributed by atoms with Crippen LogP contribution in [0.2, 0.25) is 0 Å². The summed E-state index contributed by atoms with van der Waals surface area (Å²) in [6, 6.07) is 37.8. The molecular formula is C40H30N4O5. The summed E-state index contributed by atoms with van der Waals surface area (Å²) in [7, 11) is 0. The second kappa shape index (κ2) is 15.1. The Hall–Kier alpha value is -7.00. The molecule has 0 aliphatic heterocycles. The summed E-state index contributed by atoms with van der Waals surface area (Å²) in [5.41, 5.74) is 4.05. The quantitative estimate of drug-likeness (QED) is 0.110. The average Bonchev–Trinajstić information content (AvgIpc) is 3.11. The maximum Gasteiger partial charge on any atom is 0.129 e. The van der Waals surface area contributed by atoms with Crippen LogP contribution in [0.3, 0.4) is 0 Å². The van der Waals surface area contributed by atoms with Gasteiger partial charge in [-0.05, 0) is 72.8 Å². The zero-order valence-corrected chi connectivity index (χ0v) is 26.0. The molecule has 0 aliphatic rings. The maximum atomic E-state index is 10.3. The van der Waals surface area contributed by atoms with E-state index in [4.69, 9.17) is 4.74 Å². The number of para-hydroxylation sites is 4. The standard InChI is InChI=1S/C40H30N4O5/c45-37-13-5-1-9-27(37)23-41-33-19-17-31(21-35(33)43-25-29-11-3-7-15-39(29)47)49-32-18-20-34(42-24-28-10-2-6-14-38(28)46)36(22-32)44-26-30-12-4-8-16-40(30)48/h1-26,45-48H. The molecule has 0 fully saturated rings. The number of ether oxygens (including phenoxy) is 1. The third kappa shape index (κ3) is 8.24. The molecule has 9 heteroatoms. The zero-order chi connectivity index (χ0) is 34.0. The molecule has 0 atom stereocenters. The lowest BCUT2D eigenvalue weighted by Gasteiger charge is -2.10. The topological polar surface area (TPSA) is 140 Å². The zero-order valence-electron chi connectivity index (χ0n) is 26.0. The van der Waals surface area contributed by atoms with Crippen LogP contribution >= 0.6 is 0 Å². The van der Waals surface area contributed by atoms with Crippen molar-refractivity contribution >= 4 is 47.6 Å². The van der Waals surface area contributed by atoms with Crippen molar-refractivity contribution < 1.29 is 25.2 Å². The molecule has 4 N–H and O–H groups in total. The highest BCUT2D eigenvalue weighted by Crippen LogP contribution is 2.38. The van der Waals surface area contributed by atoms with Crippen LogP contribution in [0.4, 0.5) is 22.7 Å². The Labute approximate surface area is 282 Å². The molecule has 0 unspecified atom stereocenters. The number of rotatable bonds is 10. The van der Waals surface area contributed by atoms with Crippen molar-refractivity contribution in [3.63, 3.8) is 0 Å². The van der Waals surface area contributed by atoms with Gasteiger partial charge in [-0.2, -0.15) is 0 Å². The van der Waals surface area contributed by atoms with Crippen LogP contribution in [0.15, 0.2) is 153 Å². The van der Waals surface area contributed by atoms with Crippen LogP contribution in [0, 0.1) is 0 Å². The van der Waals surface area contributed by atoms with Gasteiger partial charge < -0.3 is 25.2 Å². The van der Waals surface area contributed by atoms with Gasteiger partial charge >= 0.3 is 0 Å². The molecule has 0 heterocycles. The fraction of sp³-hybridized carbons (Fsp3) is 0. The van der Waals surface area contributed by atoms with E-state index < -0.39 is 0 Å². The molecule has 0 spiro atoms. The van der Waals surface area contributed by atoms with Gasteiger partial charge in [0, 0.05) is 59.2 Å². The largest absolute Gasteiger partial charge is 0.507 e. The summed E-state index contributed by atoms with van der Waals surface area (Å²) in [5.74, 6) is 1.26. The minimum absolute atomic E-state index is 0.0834. The van der Waals surface area contributed by atoms with Crippen LogP contribution in [-0.4, -0.2) is 45.3 Å². The van der Waals surface area contributed by atoms with Crippen LogP contribution in [0.5, 0.6) is 34.5 Å². The number of aliphatic imine (C=N–C) groups is 4. The second-order valence-electron chi connectivity index (χ2n) is 10.7. The summed E-state index contributed by atoms with van der Waals surface area (Å²) in [6.45, 7) is 0. The minimum Gasteiger partial charge on any atom is -0.507 e. The molecule has 0 radical (unpaired) electrons. The number of benzene rings is 6. The van der Waals surface area contributed by atoms with E-state index in [0.717, 1.165) is 0 Å². The average molecular weight is 647 g/mol. The molecule has 0 saturated heterocycles. The SMILES string of the molecule is Oc1ccccc1C=Nc1ccc(Oc2ccc(N=Cc3ccccc3O)c(N=Cc3ccccc3O)c2)cc1N=Cc1ccccc1O. The Morgan fingerprint density at radius 1 is 0.347 bits per heavy atom. The molecule has 0 aromatic heterocycles. The van der Waals surface area contributed by atoms with Gasteiger partial charge in [0.25, 0.3) is 0 Å². The highest BCUT2D eigenvalue weighted by Gasteiger charge is 2.09. The van der Waals surface area contributed by atoms with E-state index in [1.54, 1.807) is 146 Å². The molecule has 0 saturated carbocycles. The fourth-order valence-corrected chi connectivity index (χ4v) is 4.64. The smallest absolute Gasteiger partial charge is 0.129 e. The number of phenolic OH excluding ortho intramolecular Hbond substituents is 4. The predicted molar refractivity (Wildman–Crippen MR) is 194 cm³/mol. The summed E-state index contributed by atoms with van der Waals surface area (Å²) >= 11 is 0. The Morgan fingerprint density at radius 3 is 0.939 bits per heavy atom. The molecule has 6 aromatic carbocycles. The van der Waals surface area contributed by atoms with Crippen molar-refractivity contribution in [3.05, 3.63) is 156 Å². The second-order valence-corrected chi connectivity index (χ2v) is 10.7. The van der Waals surface area contributed by atoms with Crippen LogP contribution in [0.1, 0.15) is 22.3 Å². The van der Waals surface area contributed by atoms with Gasteiger partial charge in [-0.25, -0.2) is 0 Å². The third-order valence-corrected chi connectivity index (χ3v) is 7.25. The molecule has 240 valence electrons. The van der Waals surface area contributed by atoms with Gasteiger partial charge in [-0.1, -0.05) is 48.5 Å².